The van der Waals surface area contributed by atoms with Gasteiger partial charge in [0, 0.05) is 4.57 Å². The largest absolute Gasteiger partial charge is 0.750 e. The lowest BCUT2D eigenvalue weighted by atomic mass is 9.92. The van der Waals surface area contributed by atoms with Crippen molar-refractivity contribution >= 4 is 46.5 Å². The Hall–Kier alpha value is -2.55. The molecule has 0 saturated heterocycles. The molecule has 4 aromatic rings. The highest BCUT2D eigenvalue weighted by Crippen LogP contribution is 2.36. The van der Waals surface area contributed by atoms with E-state index >= 15 is 0 Å². The van der Waals surface area contributed by atoms with E-state index in [1.54, 1.807) is 6.07 Å². The van der Waals surface area contributed by atoms with Crippen LogP contribution in [0.4, 0.5) is 0 Å². The first-order valence-corrected chi connectivity index (χ1v) is 7.83. The Morgan fingerprint density at radius 3 is 2.14 bits per heavy atom. The Kier molecular flexibility index (Phi) is 2.83. The molecule has 4 aromatic carbocycles. The standard InChI is InChI=1S/C17H9O4P/c18-17(21-22(19)20)14-9-7-12-5-4-10-2-1-3-11-6-8-13(14)16(12)15(10)11/h1-9H/p+1. The molecule has 4 nitrogen and oxygen atoms in total. The molecule has 5 heteroatoms. The van der Waals surface area contributed by atoms with Crippen molar-refractivity contribution in [2.45, 2.75) is 0 Å². The van der Waals surface area contributed by atoms with Gasteiger partial charge in [0.15, 0.2) is 0 Å². The highest BCUT2D eigenvalue weighted by Gasteiger charge is 2.24. The van der Waals surface area contributed by atoms with Crippen molar-refractivity contribution in [2.75, 3.05) is 0 Å². The first kappa shape index (κ1) is 13.1. The lowest BCUT2D eigenvalue weighted by Gasteiger charge is -2.11. The monoisotopic (exact) mass is 309 g/mol. The predicted molar refractivity (Wildman–Crippen MR) is 85.4 cm³/mol. The van der Waals surface area contributed by atoms with Crippen LogP contribution in [0.1, 0.15) is 10.4 Å². The number of carbonyl (C=O) groups excluding carboxylic acids is 1. The number of carbonyl (C=O) groups is 1. The molecule has 0 saturated carbocycles. The molecule has 0 amide bonds. The van der Waals surface area contributed by atoms with Crippen LogP contribution in [0.25, 0.3) is 32.3 Å². The summed E-state index contributed by atoms with van der Waals surface area (Å²) < 4.78 is 15.2. The molecule has 0 fully saturated rings. The van der Waals surface area contributed by atoms with E-state index in [0.717, 1.165) is 32.3 Å². The summed E-state index contributed by atoms with van der Waals surface area (Å²) >= 11 is 0. The molecule has 0 heterocycles. The third-order valence-corrected chi connectivity index (χ3v) is 4.23. The Morgan fingerprint density at radius 2 is 1.45 bits per heavy atom. The topological polar surface area (TPSA) is 63.6 Å². The number of hydrogen-bond donors (Lipinski definition) is 1. The Morgan fingerprint density at radius 1 is 0.864 bits per heavy atom. The van der Waals surface area contributed by atoms with Crippen LogP contribution >= 0.6 is 8.25 Å². The molecule has 4 rings (SSSR count). The number of hydrogen-bond acceptors (Lipinski definition) is 3. The summed E-state index contributed by atoms with van der Waals surface area (Å²) in [5.74, 6) is -0.790. The number of rotatable bonds is 2. The second-order valence-corrected chi connectivity index (χ2v) is 5.74. The fourth-order valence-corrected chi connectivity index (χ4v) is 3.27. The molecule has 106 valence electrons. The second kappa shape index (κ2) is 4.73. The molecule has 0 bridgehead atoms. The van der Waals surface area contributed by atoms with Gasteiger partial charge in [0.2, 0.25) is 0 Å². The smallest absolute Gasteiger partial charge is 0.241 e. The molecule has 22 heavy (non-hydrogen) atoms. The minimum Gasteiger partial charge on any atom is -0.241 e. The van der Waals surface area contributed by atoms with Gasteiger partial charge in [-0.1, -0.05) is 48.5 Å². The maximum Gasteiger partial charge on any atom is 0.750 e. The summed E-state index contributed by atoms with van der Waals surface area (Å²) in [7, 11) is -2.97. The molecule has 1 unspecified atom stereocenters. The third-order valence-electron chi connectivity index (χ3n) is 3.91. The summed E-state index contributed by atoms with van der Waals surface area (Å²) in [6.07, 6.45) is 0. The summed E-state index contributed by atoms with van der Waals surface area (Å²) in [6.45, 7) is 0. The van der Waals surface area contributed by atoms with E-state index in [4.69, 9.17) is 4.89 Å². The van der Waals surface area contributed by atoms with Gasteiger partial charge in [-0.05, 0) is 38.4 Å². The van der Waals surface area contributed by atoms with Gasteiger partial charge in [-0.25, -0.2) is 4.79 Å². The second-order valence-electron chi connectivity index (χ2n) is 5.09. The van der Waals surface area contributed by atoms with E-state index in [1.165, 1.54) is 0 Å². The molecule has 1 N–H and O–H groups in total. The van der Waals surface area contributed by atoms with Crippen LogP contribution in [-0.4, -0.2) is 10.9 Å². The van der Waals surface area contributed by atoms with E-state index in [9.17, 15) is 9.36 Å². The molecule has 0 aliphatic heterocycles. The van der Waals surface area contributed by atoms with Crippen molar-refractivity contribution < 1.29 is 18.8 Å². The van der Waals surface area contributed by atoms with Crippen molar-refractivity contribution in [3.63, 3.8) is 0 Å². The molecule has 0 aliphatic rings. The zero-order valence-electron chi connectivity index (χ0n) is 11.3. The van der Waals surface area contributed by atoms with Crippen LogP contribution < -0.4 is 0 Å². The van der Waals surface area contributed by atoms with Crippen molar-refractivity contribution in [1.82, 2.24) is 0 Å². The molecule has 0 aliphatic carbocycles. The molecule has 1 atom stereocenters. The molecule has 0 radical (unpaired) electrons. The zero-order chi connectivity index (χ0) is 15.3. The van der Waals surface area contributed by atoms with E-state index < -0.39 is 14.2 Å². The van der Waals surface area contributed by atoms with Gasteiger partial charge >= 0.3 is 14.2 Å². The predicted octanol–water partition coefficient (Wildman–Crippen LogP) is 4.39. The Balaban J connectivity index is 2.12. The average molecular weight is 309 g/mol. The van der Waals surface area contributed by atoms with Gasteiger partial charge in [-0.3, -0.25) is 0 Å². The Labute approximate surface area is 126 Å². The van der Waals surface area contributed by atoms with E-state index in [2.05, 4.69) is 4.52 Å². The summed E-state index contributed by atoms with van der Waals surface area (Å²) in [5, 5.41) is 5.98. The van der Waals surface area contributed by atoms with Gasteiger partial charge in [-0.15, -0.1) is 4.89 Å². The van der Waals surface area contributed by atoms with Crippen LogP contribution in [0.2, 0.25) is 0 Å². The van der Waals surface area contributed by atoms with Crippen molar-refractivity contribution in [1.29, 1.82) is 0 Å². The van der Waals surface area contributed by atoms with Crippen molar-refractivity contribution in [2.24, 2.45) is 0 Å². The molecule has 0 aromatic heterocycles. The van der Waals surface area contributed by atoms with E-state index in [-0.39, 0.29) is 0 Å². The highest BCUT2D eigenvalue weighted by molar-refractivity contribution is 7.32. The van der Waals surface area contributed by atoms with E-state index in [1.807, 2.05) is 48.5 Å². The lowest BCUT2D eigenvalue weighted by molar-refractivity contribution is 0.0733. The maximum absolute atomic E-state index is 12.0. The third kappa shape index (κ3) is 1.86. The molecule has 0 spiro atoms. The van der Waals surface area contributed by atoms with Crippen molar-refractivity contribution in [3.05, 3.63) is 60.2 Å². The minimum absolute atomic E-state index is 0.295. The first-order valence-electron chi connectivity index (χ1n) is 6.70. The van der Waals surface area contributed by atoms with Gasteiger partial charge < -0.3 is 0 Å². The molecular weight excluding hydrogens is 299 g/mol. The van der Waals surface area contributed by atoms with Crippen LogP contribution in [0.5, 0.6) is 0 Å². The normalized spacial score (nSPS) is 12.1. The van der Waals surface area contributed by atoms with Crippen LogP contribution in [0.15, 0.2) is 54.6 Å². The SMILES string of the molecule is O=C(O[P+](=O)O)c1ccc2ccc3cccc4ccc1c2c34. The average Bonchev–Trinajstić information content (AvgIpc) is 2.51. The lowest BCUT2D eigenvalue weighted by Crippen LogP contribution is -2.01. The Bertz CT molecular complexity index is 1040. The fourth-order valence-electron chi connectivity index (χ4n) is 3.03. The van der Waals surface area contributed by atoms with Crippen molar-refractivity contribution in [3.8, 4) is 0 Å². The summed E-state index contributed by atoms with van der Waals surface area (Å²) in [5.41, 5.74) is 0.295. The quantitative estimate of drug-likeness (QED) is 0.440. The van der Waals surface area contributed by atoms with Gasteiger partial charge in [0.1, 0.15) is 0 Å². The van der Waals surface area contributed by atoms with Gasteiger partial charge in [-0.2, -0.15) is 4.52 Å². The van der Waals surface area contributed by atoms with Crippen LogP contribution in [0, 0.1) is 0 Å². The van der Waals surface area contributed by atoms with Gasteiger partial charge in [0.25, 0.3) is 0 Å². The zero-order valence-corrected chi connectivity index (χ0v) is 12.2. The van der Waals surface area contributed by atoms with Crippen LogP contribution in [0.3, 0.4) is 0 Å². The maximum atomic E-state index is 12.0. The highest BCUT2D eigenvalue weighted by atomic mass is 31.1. The first-order chi connectivity index (χ1) is 10.6. The molecular formula is C17H10O4P+. The minimum atomic E-state index is -2.97. The summed E-state index contributed by atoms with van der Waals surface area (Å²) in [4.78, 5) is 20.8. The van der Waals surface area contributed by atoms with E-state index in [0.29, 0.717) is 5.56 Å². The van der Waals surface area contributed by atoms with Crippen LogP contribution in [-0.2, 0) is 9.09 Å². The fraction of sp³-hybridized carbons (Fsp3) is 0. The summed E-state index contributed by atoms with van der Waals surface area (Å²) in [6, 6.07) is 17.3. The van der Waals surface area contributed by atoms with Gasteiger partial charge in [0.05, 0.1) is 5.56 Å². The number of benzene rings is 4.